The van der Waals surface area contributed by atoms with Gasteiger partial charge in [-0.25, -0.2) is 0 Å². The van der Waals surface area contributed by atoms with Crippen molar-refractivity contribution < 1.29 is 27.9 Å². The van der Waals surface area contributed by atoms with E-state index < -0.39 is 35.3 Å². The number of alkyl halides is 3. The first-order chi connectivity index (χ1) is 9.17. The highest BCUT2D eigenvalue weighted by molar-refractivity contribution is 5.96. The molecule has 2 aliphatic rings. The number of halogens is 3. The Hall–Kier alpha value is -1.27. The van der Waals surface area contributed by atoms with Crippen molar-refractivity contribution in [1.82, 2.24) is 4.90 Å². The normalized spacial score (nSPS) is 27.0. The van der Waals surface area contributed by atoms with E-state index in [1.807, 2.05) is 0 Å². The summed E-state index contributed by atoms with van der Waals surface area (Å²) >= 11 is 0. The number of nitrogens with zero attached hydrogens (tertiary/aromatic N) is 1. The van der Waals surface area contributed by atoms with Crippen LogP contribution in [0.3, 0.4) is 0 Å². The standard InChI is InChI=1S/C13H18F3NO3/c1-8(11(19)20)10(18)17-6-3-9(13(14,15)16)12(7-17)4-2-5-12/h8-9H,2-7H2,1H3,(H,19,20). The predicted molar refractivity (Wildman–Crippen MR) is 63.8 cm³/mol. The topological polar surface area (TPSA) is 57.6 Å². The van der Waals surface area contributed by atoms with Gasteiger partial charge in [-0.3, -0.25) is 9.59 Å². The number of carboxylic acids is 1. The molecule has 2 fully saturated rings. The van der Waals surface area contributed by atoms with Crippen LogP contribution in [-0.4, -0.2) is 41.1 Å². The number of aliphatic carboxylic acids is 1. The van der Waals surface area contributed by atoms with Crippen LogP contribution in [0.1, 0.15) is 32.6 Å². The summed E-state index contributed by atoms with van der Waals surface area (Å²) in [5, 5.41) is 8.84. The van der Waals surface area contributed by atoms with Gasteiger partial charge in [0.15, 0.2) is 0 Å². The molecule has 0 aromatic heterocycles. The SMILES string of the molecule is CC(C(=O)O)C(=O)N1CCC(C(F)(F)F)C2(CCC2)C1. The molecule has 0 aromatic rings. The highest BCUT2D eigenvalue weighted by atomic mass is 19.4. The molecule has 2 rings (SSSR count). The van der Waals surface area contributed by atoms with Gasteiger partial charge in [0, 0.05) is 13.1 Å². The second-order valence-corrected chi connectivity index (χ2v) is 5.92. The Morgan fingerprint density at radius 2 is 1.95 bits per heavy atom. The van der Waals surface area contributed by atoms with Crippen molar-refractivity contribution in [3.8, 4) is 0 Å². The van der Waals surface area contributed by atoms with Crippen LogP contribution in [0.15, 0.2) is 0 Å². The summed E-state index contributed by atoms with van der Waals surface area (Å²) in [7, 11) is 0. The van der Waals surface area contributed by atoms with Crippen molar-refractivity contribution in [2.45, 2.75) is 38.8 Å². The Morgan fingerprint density at radius 1 is 1.35 bits per heavy atom. The van der Waals surface area contributed by atoms with Crippen LogP contribution >= 0.6 is 0 Å². The summed E-state index contributed by atoms with van der Waals surface area (Å²) in [6, 6.07) is 0. The van der Waals surface area contributed by atoms with E-state index in [0.717, 1.165) is 6.42 Å². The van der Waals surface area contributed by atoms with Gasteiger partial charge in [-0.2, -0.15) is 13.2 Å². The molecule has 114 valence electrons. The van der Waals surface area contributed by atoms with Crippen LogP contribution in [0.2, 0.25) is 0 Å². The van der Waals surface area contributed by atoms with Gasteiger partial charge in [0.05, 0.1) is 5.92 Å². The number of carboxylic acid groups (broad SMARTS) is 1. The molecule has 1 aliphatic heterocycles. The van der Waals surface area contributed by atoms with Crippen molar-refractivity contribution in [3.05, 3.63) is 0 Å². The molecule has 4 nitrogen and oxygen atoms in total. The molecule has 7 heteroatoms. The second kappa shape index (κ2) is 4.93. The lowest BCUT2D eigenvalue weighted by atomic mass is 9.58. The molecule has 2 unspecified atom stereocenters. The second-order valence-electron chi connectivity index (χ2n) is 5.92. The molecule has 1 N–H and O–H groups in total. The van der Waals surface area contributed by atoms with E-state index in [2.05, 4.69) is 0 Å². The van der Waals surface area contributed by atoms with Crippen LogP contribution < -0.4 is 0 Å². The quantitative estimate of drug-likeness (QED) is 0.795. The Morgan fingerprint density at radius 3 is 2.35 bits per heavy atom. The van der Waals surface area contributed by atoms with E-state index in [1.165, 1.54) is 11.8 Å². The summed E-state index contributed by atoms with van der Waals surface area (Å²) < 4.78 is 39.2. The minimum Gasteiger partial charge on any atom is -0.481 e. The summed E-state index contributed by atoms with van der Waals surface area (Å²) in [5.74, 6) is -4.39. The van der Waals surface area contributed by atoms with Crippen LogP contribution in [0.25, 0.3) is 0 Å². The molecular formula is C13H18F3NO3. The molecule has 1 saturated heterocycles. The number of amides is 1. The Balaban J connectivity index is 2.12. The van der Waals surface area contributed by atoms with Gasteiger partial charge >= 0.3 is 12.1 Å². The Kier molecular flexibility index (Phi) is 3.73. The van der Waals surface area contributed by atoms with Gasteiger partial charge in [0.1, 0.15) is 5.92 Å². The van der Waals surface area contributed by atoms with Gasteiger partial charge in [-0.1, -0.05) is 6.42 Å². The number of rotatable bonds is 2. The fourth-order valence-electron chi connectivity index (χ4n) is 3.38. The molecule has 1 heterocycles. The fraction of sp³-hybridized carbons (Fsp3) is 0.846. The Bertz CT molecular complexity index is 418. The lowest BCUT2D eigenvalue weighted by molar-refractivity contribution is -0.238. The van der Waals surface area contributed by atoms with Crippen molar-refractivity contribution in [3.63, 3.8) is 0 Å². The van der Waals surface area contributed by atoms with E-state index in [9.17, 15) is 22.8 Å². The van der Waals surface area contributed by atoms with Crippen molar-refractivity contribution in [1.29, 1.82) is 0 Å². The summed E-state index contributed by atoms with van der Waals surface area (Å²) in [6.07, 6.45) is -2.70. The highest BCUT2D eigenvalue weighted by Gasteiger charge is 2.58. The van der Waals surface area contributed by atoms with Gasteiger partial charge in [0.25, 0.3) is 0 Å². The molecule has 1 amide bonds. The average Bonchev–Trinajstić information content (AvgIpc) is 2.33. The maximum Gasteiger partial charge on any atom is 0.392 e. The summed E-state index contributed by atoms with van der Waals surface area (Å²) in [6.45, 7) is 1.30. The molecule has 20 heavy (non-hydrogen) atoms. The maximum absolute atomic E-state index is 13.1. The zero-order valence-corrected chi connectivity index (χ0v) is 11.2. The first-order valence-corrected chi connectivity index (χ1v) is 6.76. The molecule has 0 bridgehead atoms. The van der Waals surface area contributed by atoms with E-state index in [0.29, 0.717) is 12.8 Å². The largest absolute Gasteiger partial charge is 0.481 e. The predicted octanol–water partition coefficient (Wildman–Crippen LogP) is 2.29. The highest BCUT2D eigenvalue weighted by Crippen LogP contribution is 2.56. The van der Waals surface area contributed by atoms with Crippen LogP contribution in [-0.2, 0) is 9.59 Å². The molecule has 2 atom stereocenters. The van der Waals surface area contributed by atoms with Gasteiger partial charge < -0.3 is 10.0 Å². The molecule has 1 saturated carbocycles. The maximum atomic E-state index is 13.1. The zero-order valence-electron chi connectivity index (χ0n) is 11.2. The van der Waals surface area contributed by atoms with Gasteiger partial charge in [-0.05, 0) is 31.6 Å². The number of carbonyl (C=O) groups excluding carboxylic acids is 1. The first-order valence-electron chi connectivity index (χ1n) is 6.76. The molecule has 1 aliphatic carbocycles. The fourth-order valence-corrected chi connectivity index (χ4v) is 3.38. The molecule has 0 radical (unpaired) electrons. The first kappa shape index (κ1) is 15.1. The van der Waals surface area contributed by atoms with Crippen molar-refractivity contribution >= 4 is 11.9 Å². The van der Waals surface area contributed by atoms with Crippen LogP contribution in [0, 0.1) is 17.3 Å². The van der Waals surface area contributed by atoms with E-state index in [1.54, 1.807) is 0 Å². The van der Waals surface area contributed by atoms with Crippen LogP contribution in [0.4, 0.5) is 13.2 Å². The average molecular weight is 293 g/mol. The van der Waals surface area contributed by atoms with Crippen LogP contribution in [0.5, 0.6) is 0 Å². The Labute approximate surface area is 114 Å². The third-order valence-corrected chi connectivity index (χ3v) is 4.73. The summed E-state index contributed by atoms with van der Waals surface area (Å²) in [4.78, 5) is 24.1. The smallest absolute Gasteiger partial charge is 0.392 e. The third kappa shape index (κ3) is 2.50. The number of hydrogen-bond acceptors (Lipinski definition) is 2. The van der Waals surface area contributed by atoms with Gasteiger partial charge in [-0.15, -0.1) is 0 Å². The molecular weight excluding hydrogens is 275 g/mol. The minimum atomic E-state index is -4.24. The summed E-state index contributed by atoms with van der Waals surface area (Å²) in [5.41, 5.74) is -0.885. The number of hydrogen-bond donors (Lipinski definition) is 1. The lowest BCUT2D eigenvalue weighted by Crippen LogP contribution is -2.58. The van der Waals surface area contributed by atoms with Crippen molar-refractivity contribution in [2.75, 3.05) is 13.1 Å². The van der Waals surface area contributed by atoms with E-state index >= 15 is 0 Å². The molecule has 1 spiro atoms. The van der Waals surface area contributed by atoms with E-state index in [-0.39, 0.29) is 19.5 Å². The van der Waals surface area contributed by atoms with E-state index in [4.69, 9.17) is 5.11 Å². The number of piperidine rings is 1. The monoisotopic (exact) mass is 293 g/mol. The van der Waals surface area contributed by atoms with Gasteiger partial charge in [0.2, 0.25) is 5.91 Å². The number of carbonyl (C=O) groups is 2. The van der Waals surface area contributed by atoms with Crippen molar-refractivity contribution in [2.24, 2.45) is 17.3 Å². The molecule has 0 aromatic carbocycles. The zero-order chi connectivity index (χ0) is 15.1. The minimum absolute atomic E-state index is 0.0115. The third-order valence-electron chi connectivity index (χ3n) is 4.73. The lowest BCUT2D eigenvalue weighted by Gasteiger charge is -2.54. The number of likely N-dealkylation sites (tertiary alicyclic amines) is 1.